The number of carbonyl (C=O) groups excluding carboxylic acids is 1. The van der Waals surface area contributed by atoms with Crippen LogP contribution in [0.3, 0.4) is 0 Å². The van der Waals surface area contributed by atoms with E-state index in [1.807, 2.05) is 0 Å². The van der Waals surface area contributed by atoms with Gasteiger partial charge in [-0.3, -0.25) is 4.79 Å². The Bertz CT molecular complexity index is 653. The summed E-state index contributed by atoms with van der Waals surface area (Å²) >= 11 is 0. The minimum absolute atomic E-state index is 0.0759. The number of carbonyl (C=O) groups is 1. The summed E-state index contributed by atoms with van der Waals surface area (Å²) in [6.45, 7) is 1.70. The summed E-state index contributed by atoms with van der Waals surface area (Å²) in [4.78, 5) is 11.9. The van der Waals surface area contributed by atoms with Gasteiger partial charge in [-0.25, -0.2) is 8.42 Å². The summed E-state index contributed by atoms with van der Waals surface area (Å²) in [6, 6.07) is 11.0. The van der Waals surface area contributed by atoms with E-state index in [1.54, 1.807) is 31.2 Å². The van der Waals surface area contributed by atoms with E-state index >= 15 is 0 Å². The molecule has 0 radical (unpaired) electrons. The first-order valence-corrected chi connectivity index (χ1v) is 7.02. The molecule has 0 aliphatic rings. The summed E-state index contributed by atoms with van der Waals surface area (Å²) in [5.41, 5.74) is 0. The van der Waals surface area contributed by atoms with Crippen molar-refractivity contribution in [1.82, 2.24) is 0 Å². The first kappa shape index (κ1) is 12.6. The molecule has 0 spiro atoms. The highest BCUT2D eigenvalue weighted by Crippen LogP contribution is 2.14. The molecule has 2 aromatic rings. The summed E-state index contributed by atoms with van der Waals surface area (Å²) in [7, 11) is -3.61. The highest BCUT2D eigenvalue weighted by Gasteiger charge is 2.21. The number of Topliss-reactive ketones (excluding diaryl/α,β-unsaturated/α-hetero) is 1. The standard InChI is InChI=1S/C13H12O4S/c1-10-7-8-13(17-10)12(14)9-18(15,16)11-5-3-2-4-6-11/h2-8H,9H2,1H3. The van der Waals surface area contributed by atoms with E-state index in [4.69, 9.17) is 4.42 Å². The molecule has 18 heavy (non-hydrogen) atoms. The molecule has 1 aromatic carbocycles. The van der Waals surface area contributed by atoms with Gasteiger partial charge >= 0.3 is 0 Å². The molecule has 2 rings (SSSR count). The van der Waals surface area contributed by atoms with Crippen LogP contribution < -0.4 is 0 Å². The van der Waals surface area contributed by atoms with Crippen LogP contribution in [0.5, 0.6) is 0 Å². The minimum Gasteiger partial charge on any atom is -0.458 e. The molecule has 0 aliphatic carbocycles. The molecular formula is C13H12O4S. The van der Waals surface area contributed by atoms with Crippen molar-refractivity contribution in [1.29, 1.82) is 0 Å². The van der Waals surface area contributed by atoms with E-state index in [1.165, 1.54) is 18.2 Å². The van der Waals surface area contributed by atoms with Crippen LogP contribution in [0.25, 0.3) is 0 Å². The number of ketones is 1. The summed E-state index contributed by atoms with van der Waals surface area (Å²) < 4.78 is 29.0. The Hall–Kier alpha value is -1.88. The summed E-state index contributed by atoms with van der Waals surface area (Å²) in [5.74, 6) is -0.460. The van der Waals surface area contributed by atoms with Crippen LogP contribution in [-0.4, -0.2) is 20.0 Å². The van der Waals surface area contributed by atoms with Crippen molar-refractivity contribution in [2.24, 2.45) is 0 Å². The van der Waals surface area contributed by atoms with E-state index < -0.39 is 21.4 Å². The minimum atomic E-state index is -3.61. The van der Waals surface area contributed by atoms with Crippen molar-refractivity contribution in [2.45, 2.75) is 11.8 Å². The number of hydrogen-bond donors (Lipinski definition) is 0. The number of furan rings is 1. The molecule has 0 bridgehead atoms. The van der Waals surface area contributed by atoms with Gasteiger partial charge in [0.05, 0.1) is 4.90 Å². The molecule has 1 aromatic heterocycles. The van der Waals surface area contributed by atoms with Gasteiger partial charge in [-0.1, -0.05) is 18.2 Å². The number of aryl methyl sites for hydroxylation is 1. The predicted octanol–water partition coefficient (Wildman–Crippen LogP) is 2.24. The molecule has 4 nitrogen and oxygen atoms in total. The van der Waals surface area contributed by atoms with Crippen LogP contribution in [-0.2, 0) is 9.84 Å². The molecular weight excluding hydrogens is 252 g/mol. The lowest BCUT2D eigenvalue weighted by atomic mass is 10.3. The summed E-state index contributed by atoms with van der Waals surface area (Å²) in [5, 5.41) is 0. The maximum atomic E-state index is 12.0. The SMILES string of the molecule is Cc1ccc(C(=O)CS(=O)(=O)c2ccccc2)o1. The largest absolute Gasteiger partial charge is 0.458 e. The third-order valence-corrected chi connectivity index (χ3v) is 4.07. The number of benzene rings is 1. The molecule has 0 aliphatic heterocycles. The second-order valence-electron chi connectivity index (χ2n) is 3.91. The van der Waals surface area contributed by atoms with Crippen LogP contribution in [0.1, 0.15) is 16.3 Å². The van der Waals surface area contributed by atoms with E-state index in [0.717, 1.165) is 0 Å². The van der Waals surface area contributed by atoms with Crippen LogP contribution in [0.15, 0.2) is 51.8 Å². The Kier molecular flexibility index (Phi) is 3.34. The van der Waals surface area contributed by atoms with Crippen LogP contribution >= 0.6 is 0 Å². The van der Waals surface area contributed by atoms with E-state index in [-0.39, 0.29) is 10.7 Å². The number of rotatable bonds is 4. The van der Waals surface area contributed by atoms with Crippen molar-refractivity contribution in [3.63, 3.8) is 0 Å². The molecule has 0 N–H and O–H groups in total. The van der Waals surface area contributed by atoms with Crippen molar-refractivity contribution < 1.29 is 17.6 Å². The van der Waals surface area contributed by atoms with Gasteiger partial charge in [0.1, 0.15) is 11.5 Å². The second-order valence-corrected chi connectivity index (χ2v) is 5.90. The molecule has 0 atom stereocenters. The van der Waals surface area contributed by atoms with E-state index in [9.17, 15) is 13.2 Å². The highest BCUT2D eigenvalue weighted by molar-refractivity contribution is 7.92. The first-order valence-electron chi connectivity index (χ1n) is 5.36. The maximum absolute atomic E-state index is 12.0. The zero-order chi connectivity index (χ0) is 13.2. The predicted molar refractivity (Wildman–Crippen MR) is 66.3 cm³/mol. The highest BCUT2D eigenvalue weighted by atomic mass is 32.2. The fraction of sp³-hybridized carbons (Fsp3) is 0.154. The van der Waals surface area contributed by atoms with Gasteiger partial charge in [0.2, 0.25) is 5.78 Å². The lowest BCUT2D eigenvalue weighted by Crippen LogP contribution is -2.15. The van der Waals surface area contributed by atoms with Crippen LogP contribution in [0.4, 0.5) is 0 Å². The van der Waals surface area contributed by atoms with Gasteiger partial charge in [0, 0.05) is 0 Å². The molecule has 5 heteroatoms. The van der Waals surface area contributed by atoms with E-state index in [0.29, 0.717) is 5.76 Å². The summed E-state index contributed by atoms with van der Waals surface area (Å²) in [6.07, 6.45) is 0. The zero-order valence-electron chi connectivity index (χ0n) is 9.79. The topological polar surface area (TPSA) is 64.3 Å². The third-order valence-electron chi connectivity index (χ3n) is 2.44. The fourth-order valence-electron chi connectivity index (χ4n) is 1.54. The average molecular weight is 264 g/mol. The van der Waals surface area contributed by atoms with Gasteiger partial charge < -0.3 is 4.42 Å². The Morgan fingerprint density at radius 2 is 1.78 bits per heavy atom. The lowest BCUT2D eigenvalue weighted by molar-refractivity contribution is 0.0989. The monoisotopic (exact) mass is 264 g/mol. The maximum Gasteiger partial charge on any atom is 0.213 e. The van der Waals surface area contributed by atoms with E-state index in [2.05, 4.69) is 0 Å². The normalized spacial score (nSPS) is 11.4. The molecule has 94 valence electrons. The second kappa shape index (κ2) is 4.78. The van der Waals surface area contributed by atoms with Gasteiger partial charge in [0.25, 0.3) is 0 Å². The van der Waals surface area contributed by atoms with Gasteiger partial charge in [-0.05, 0) is 31.2 Å². The molecule has 0 saturated carbocycles. The van der Waals surface area contributed by atoms with Crippen LogP contribution in [0.2, 0.25) is 0 Å². The molecule has 0 saturated heterocycles. The zero-order valence-corrected chi connectivity index (χ0v) is 10.6. The van der Waals surface area contributed by atoms with Crippen molar-refractivity contribution in [3.05, 3.63) is 54.0 Å². The van der Waals surface area contributed by atoms with Gasteiger partial charge in [-0.2, -0.15) is 0 Å². The molecule has 0 amide bonds. The Labute approximate surface area is 105 Å². The van der Waals surface area contributed by atoms with Crippen molar-refractivity contribution >= 4 is 15.6 Å². The van der Waals surface area contributed by atoms with Gasteiger partial charge in [-0.15, -0.1) is 0 Å². The Balaban J connectivity index is 2.22. The first-order chi connectivity index (χ1) is 8.49. The molecule has 1 heterocycles. The Morgan fingerprint density at radius 1 is 1.11 bits per heavy atom. The molecule has 0 fully saturated rings. The van der Waals surface area contributed by atoms with Crippen LogP contribution in [0, 0.1) is 6.92 Å². The Morgan fingerprint density at radius 3 is 2.33 bits per heavy atom. The number of hydrogen-bond acceptors (Lipinski definition) is 4. The number of sulfone groups is 1. The average Bonchev–Trinajstić information content (AvgIpc) is 2.77. The van der Waals surface area contributed by atoms with Crippen molar-refractivity contribution in [2.75, 3.05) is 5.75 Å². The smallest absolute Gasteiger partial charge is 0.213 e. The van der Waals surface area contributed by atoms with Gasteiger partial charge in [0.15, 0.2) is 15.6 Å². The quantitative estimate of drug-likeness (QED) is 0.794. The lowest BCUT2D eigenvalue weighted by Gasteiger charge is -2.02. The van der Waals surface area contributed by atoms with Crippen molar-refractivity contribution in [3.8, 4) is 0 Å². The fourth-order valence-corrected chi connectivity index (χ4v) is 2.77. The third kappa shape index (κ3) is 2.68. The molecule has 0 unspecified atom stereocenters.